The summed E-state index contributed by atoms with van der Waals surface area (Å²) >= 11 is 5.89. The monoisotopic (exact) mass is 484 g/mol. The third-order valence-corrected chi connectivity index (χ3v) is 7.12. The number of hydrogen-bond donors (Lipinski definition) is 1. The molecule has 0 bridgehead atoms. The van der Waals surface area contributed by atoms with Gasteiger partial charge in [0.15, 0.2) is 5.11 Å². The Morgan fingerprint density at radius 1 is 0.943 bits per heavy atom. The number of rotatable bonds is 5. The van der Waals surface area contributed by atoms with Crippen molar-refractivity contribution >= 4 is 23.0 Å². The zero-order chi connectivity index (χ0) is 24.7. The second-order valence-electron chi connectivity index (χ2n) is 9.38. The van der Waals surface area contributed by atoms with Gasteiger partial charge in [-0.1, -0.05) is 32.0 Å². The number of thiocarbonyl (C=S) groups is 1. The van der Waals surface area contributed by atoms with Crippen molar-refractivity contribution in [1.82, 2.24) is 14.9 Å². The van der Waals surface area contributed by atoms with E-state index in [0.717, 1.165) is 34.0 Å². The van der Waals surface area contributed by atoms with Crippen molar-refractivity contribution in [3.05, 3.63) is 113 Å². The van der Waals surface area contributed by atoms with Gasteiger partial charge in [0.05, 0.1) is 17.8 Å². The van der Waals surface area contributed by atoms with E-state index in [1.807, 2.05) is 36.5 Å². The molecule has 0 unspecified atom stereocenters. The zero-order valence-electron chi connectivity index (χ0n) is 20.4. The van der Waals surface area contributed by atoms with Crippen molar-refractivity contribution in [1.29, 1.82) is 0 Å². The van der Waals surface area contributed by atoms with Crippen molar-refractivity contribution in [3.8, 4) is 5.69 Å². The topological polar surface area (TPSA) is 33.1 Å². The molecule has 6 heteroatoms. The Kier molecular flexibility index (Phi) is 6.15. The van der Waals surface area contributed by atoms with Gasteiger partial charge in [0.25, 0.3) is 0 Å². The molecule has 1 N–H and O–H groups in total. The SMILES string of the molecule is Cc1cc([C@@H]2[C@H](c3ccccn3)NC(=S)N2c2ccc(C(C)C)cc2)c(C)n1-c1ccc(F)cc1. The first kappa shape index (κ1) is 23.2. The number of halogens is 1. The summed E-state index contributed by atoms with van der Waals surface area (Å²) in [5, 5.41) is 4.22. The molecule has 178 valence electrons. The fourth-order valence-electron chi connectivity index (χ4n) is 5.04. The highest BCUT2D eigenvalue weighted by molar-refractivity contribution is 7.80. The summed E-state index contributed by atoms with van der Waals surface area (Å²) < 4.78 is 15.8. The second kappa shape index (κ2) is 9.27. The fourth-order valence-corrected chi connectivity index (χ4v) is 5.39. The molecule has 0 aliphatic carbocycles. The lowest BCUT2D eigenvalue weighted by Gasteiger charge is -2.28. The molecule has 2 aromatic heterocycles. The molecule has 4 aromatic rings. The Bertz CT molecular complexity index is 1340. The maximum atomic E-state index is 13.6. The van der Waals surface area contributed by atoms with Crippen LogP contribution in [0.1, 0.15) is 60.1 Å². The molecule has 3 heterocycles. The molecule has 0 saturated carbocycles. The van der Waals surface area contributed by atoms with Gasteiger partial charge in [-0.05, 0) is 97.7 Å². The molecule has 2 aromatic carbocycles. The van der Waals surface area contributed by atoms with E-state index in [2.05, 4.69) is 77.8 Å². The van der Waals surface area contributed by atoms with E-state index in [0.29, 0.717) is 11.0 Å². The molecule has 35 heavy (non-hydrogen) atoms. The highest BCUT2D eigenvalue weighted by Crippen LogP contribution is 2.43. The highest BCUT2D eigenvalue weighted by atomic mass is 32.1. The molecule has 4 nitrogen and oxygen atoms in total. The van der Waals surface area contributed by atoms with Crippen molar-refractivity contribution in [2.24, 2.45) is 0 Å². The van der Waals surface area contributed by atoms with Crippen molar-refractivity contribution in [3.63, 3.8) is 0 Å². The lowest BCUT2D eigenvalue weighted by atomic mass is 9.96. The Balaban J connectivity index is 1.65. The van der Waals surface area contributed by atoms with Crippen LogP contribution < -0.4 is 10.2 Å². The number of hydrogen-bond acceptors (Lipinski definition) is 2. The van der Waals surface area contributed by atoms with E-state index in [1.165, 1.54) is 17.7 Å². The summed E-state index contributed by atoms with van der Waals surface area (Å²) in [5.41, 5.74) is 7.53. The molecule has 0 amide bonds. The van der Waals surface area contributed by atoms with Gasteiger partial charge in [0.2, 0.25) is 0 Å². The van der Waals surface area contributed by atoms with Crippen LogP contribution in [0.25, 0.3) is 5.69 Å². The first-order valence-electron chi connectivity index (χ1n) is 11.9. The van der Waals surface area contributed by atoms with Gasteiger partial charge in [0, 0.05) is 29.0 Å². The van der Waals surface area contributed by atoms with Crippen LogP contribution in [0, 0.1) is 19.7 Å². The number of pyridine rings is 1. The average molecular weight is 485 g/mol. The summed E-state index contributed by atoms with van der Waals surface area (Å²) in [5.74, 6) is 0.215. The molecule has 2 atom stereocenters. The normalized spacial score (nSPS) is 17.8. The van der Waals surface area contributed by atoms with Crippen molar-refractivity contribution < 1.29 is 4.39 Å². The smallest absolute Gasteiger partial charge is 0.174 e. The standard InChI is InChI=1S/C29H29FN4S/c1-18(2)21-8-12-24(13-9-21)34-28(27(32-29(34)35)26-7-5-6-16-31-26)25-17-19(3)33(20(25)4)23-14-10-22(30)11-15-23/h5-18,27-28H,1-4H3,(H,32,35)/t27-,28+/m0/s1. The van der Waals surface area contributed by atoms with Crippen LogP contribution in [-0.2, 0) is 0 Å². The summed E-state index contributed by atoms with van der Waals surface area (Å²) in [6.07, 6.45) is 1.82. The first-order chi connectivity index (χ1) is 16.8. The van der Waals surface area contributed by atoms with Gasteiger partial charge in [-0.25, -0.2) is 4.39 Å². The van der Waals surface area contributed by atoms with Crippen LogP contribution in [0.3, 0.4) is 0 Å². The molecule has 5 rings (SSSR count). The molecule has 0 radical (unpaired) electrons. The number of nitrogens with zero attached hydrogens (tertiary/aromatic N) is 3. The maximum absolute atomic E-state index is 13.6. The number of nitrogens with one attached hydrogen (secondary N) is 1. The summed E-state index contributed by atoms with van der Waals surface area (Å²) in [4.78, 5) is 6.87. The number of aromatic nitrogens is 2. The van der Waals surface area contributed by atoms with Gasteiger partial charge < -0.3 is 14.8 Å². The van der Waals surface area contributed by atoms with Gasteiger partial charge >= 0.3 is 0 Å². The minimum atomic E-state index is -0.243. The second-order valence-corrected chi connectivity index (χ2v) is 9.77. The zero-order valence-corrected chi connectivity index (χ0v) is 21.2. The van der Waals surface area contributed by atoms with Crippen molar-refractivity contribution in [2.75, 3.05) is 4.90 Å². The number of aryl methyl sites for hydroxylation is 1. The quantitative estimate of drug-likeness (QED) is 0.312. The minimum Gasteiger partial charge on any atom is -0.351 e. The van der Waals surface area contributed by atoms with Crippen LogP contribution in [0.5, 0.6) is 0 Å². The Morgan fingerprint density at radius 2 is 1.63 bits per heavy atom. The summed E-state index contributed by atoms with van der Waals surface area (Å²) in [6, 6.07) is 23.3. The van der Waals surface area contributed by atoms with Crippen LogP contribution >= 0.6 is 12.2 Å². The highest BCUT2D eigenvalue weighted by Gasteiger charge is 2.42. The van der Waals surface area contributed by atoms with E-state index in [4.69, 9.17) is 12.2 Å². The number of benzene rings is 2. The van der Waals surface area contributed by atoms with Crippen LogP contribution in [0.4, 0.5) is 10.1 Å². The predicted molar refractivity (Wildman–Crippen MR) is 144 cm³/mol. The van der Waals surface area contributed by atoms with E-state index >= 15 is 0 Å². The van der Waals surface area contributed by atoms with E-state index < -0.39 is 0 Å². The maximum Gasteiger partial charge on any atom is 0.174 e. The van der Waals surface area contributed by atoms with Crippen molar-refractivity contribution in [2.45, 2.75) is 45.7 Å². The molecule has 1 aliphatic rings. The molecule has 1 fully saturated rings. The van der Waals surface area contributed by atoms with Gasteiger partial charge in [-0.3, -0.25) is 4.98 Å². The Morgan fingerprint density at radius 3 is 2.26 bits per heavy atom. The molecule has 0 spiro atoms. The summed E-state index contributed by atoms with van der Waals surface area (Å²) in [7, 11) is 0. The lowest BCUT2D eigenvalue weighted by molar-refractivity contribution is 0.565. The molecular weight excluding hydrogens is 455 g/mol. The van der Waals surface area contributed by atoms with E-state index in [-0.39, 0.29) is 17.9 Å². The third-order valence-electron chi connectivity index (χ3n) is 6.81. The van der Waals surface area contributed by atoms with Gasteiger partial charge in [-0.2, -0.15) is 0 Å². The van der Waals surface area contributed by atoms with Crippen LogP contribution in [0.15, 0.2) is 79.0 Å². The van der Waals surface area contributed by atoms with Gasteiger partial charge in [0.1, 0.15) is 5.82 Å². The fraction of sp³-hybridized carbons (Fsp3) is 0.241. The number of anilines is 1. The van der Waals surface area contributed by atoms with E-state index in [1.54, 1.807) is 0 Å². The largest absolute Gasteiger partial charge is 0.351 e. The van der Waals surface area contributed by atoms with Crippen LogP contribution in [0.2, 0.25) is 0 Å². The Hall–Kier alpha value is -3.51. The molecule has 1 saturated heterocycles. The Labute approximate surface area is 211 Å². The first-order valence-corrected chi connectivity index (χ1v) is 12.3. The molecular formula is C29H29FN4S. The molecule has 1 aliphatic heterocycles. The summed E-state index contributed by atoms with van der Waals surface area (Å²) in [6.45, 7) is 8.59. The lowest BCUT2D eigenvalue weighted by Crippen LogP contribution is -2.29. The van der Waals surface area contributed by atoms with Gasteiger partial charge in [-0.15, -0.1) is 0 Å². The average Bonchev–Trinajstić information content (AvgIpc) is 3.35. The minimum absolute atomic E-state index is 0.0947. The van der Waals surface area contributed by atoms with Crippen LogP contribution in [-0.4, -0.2) is 14.7 Å². The third kappa shape index (κ3) is 4.23. The predicted octanol–water partition coefficient (Wildman–Crippen LogP) is 6.93. The van der Waals surface area contributed by atoms with E-state index in [9.17, 15) is 4.39 Å².